The van der Waals surface area contributed by atoms with Crippen LogP contribution in [0.2, 0.25) is 0 Å². The Morgan fingerprint density at radius 1 is 0.333 bits per heavy atom. The number of anilines is 1. The highest BCUT2D eigenvalue weighted by Gasteiger charge is 2.28. The van der Waals surface area contributed by atoms with E-state index in [2.05, 4.69) is 205 Å². The van der Waals surface area contributed by atoms with Crippen molar-refractivity contribution >= 4 is 60.4 Å². The number of hydrogen-bond acceptors (Lipinski definition) is 4. The molecule has 0 aliphatic carbocycles. The number of nitrogens with zero attached hydrogens (tertiary/aromatic N) is 2. The van der Waals surface area contributed by atoms with Gasteiger partial charge in [0.05, 0.1) is 6.04 Å². The fourth-order valence-electron chi connectivity index (χ4n) is 10.3. The molecule has 0 saturated heterocycles. The molecule has 2 aliphatic rings. The van der Waals surface area contributed by atoms with Gasteiger partial charge in [0.2, 0.25) is 0 Å². The maximum absolute atomic E-state index is 5.10. The highest BCUT2D eigenvalue weighted by atomic mass is 15.2. The Morgan fingerprint density at radius 2 is 0.818 bits per heavy atom. The molecule has 0 radical (unpaired) electrons. The molecule has 66 heavy (non-hydrogen) atoms. The fourth-order valence-corrected chi connectivity index (χ4v) is 10.3. The number of aliphatic imine (C=N–C) groups is 2. The number of rotatable bonds is 6. The smallest absolute Gasteiger partial charge is 0.169 e. The molecule has 0 spiro atoms. The van der Waals surface area contributed by atoms with Gasteiger partial charge in [0.25, 0.3) is 0 Å². The summed E-state index contributed by atoms with van der Waals surface area (Å²) in [6, 6.07) is 83.2. The van der Waals surface area contributed by atoms with Gasteiger partial charge in [-0.05, 0) is 106 Å². The average Bonchev–Trinajstić information content (AvgIpc) is 3.40. The minimum atomic E-state index is -0.378. The molecule has 11 aromatic carbocycles. The predicted octanol–water partition coefficient (Wildman–Crippen LogP) is 15.3. The lowest BCUT2D eigenvalue weighted by Gasteiger charge is -2.32. The van der Waals surface area contributed by atoms with Crippen molar-refractivity contribution < 1.29 is 0 Å². The molecule has 0 saturated carbocycles. The minimum Gasteiger partial charge on any atom is -0.374 e. The first-order valence-corrected chi connectivity index (χ1v) is 22.7. The Hall–Kier alpha value is -8.60. The normalized spacial score (nSPS) is 14.6. The summed E-state index contributed by atoms with van der Waals surface area (Å²) in [6.45, 7) is 0. The molecule has 0 fully saturated rings. The van der Waals surface area contributed by atoms with Gasteiger partial charge in [0.1, 0.15) is 11.7 Å². The van der Waals surface area contributed by atoms with E-state index < -0.39 is 0 Å². The van der Waals surface area contributed by atoms with E-state index in [-0.39, 0.29) is 12.2 Å². The van der Waals surface area contributed by atoms with Crippen molar-refractivity contribution in [3.05, 3.63) is 258 Å². The zero-order valence-corrected chi connectivity index (χ0v) is 36.0. The van der Waals surface area contributed by atoms with Crippen LogP contribution in [0.5, 0.6) is 0 Å². The lowest BCUT2D eigenvalue weighted by atomic mass is 9.82. The van der Waals surface area contributed by atoms with Crippen molar-refractivity contribution in [1.29, 1.82) is 0 Å². The first kappa shape index (κ1) is 37.9. The molecule has 4 nitrogen and oxygen atoms in total. The zero-order chi connectivity index (χ0) is 43.6. The number of fused-ring (bicyclic) bond motifs is 11. The van der Waals surface area contributed by atoms with E-state index in [0.717, 1.165) is 45.2 Å². The summed E-state index contributed by atoms with van der Waals surface area (Å²) in [7, 11) is 0. The van der Waals surface area contributed by atoms with Crippen molar-refractivity contribution in [3.63, 3.8) is 0 Å². The van der Waals surface area contributed by atoms with Crippen molar-refractivity contribution in [2.75, 3.05) is 5.32 Å². The lowest BCUT2D eigenvalue weighted by Crippen LogP contribution is -2.35. The van der Waals surface area contributed by atoms with Crippen LogP contribution in [0.4, 0.5) is 5.69 Å². The van der Waals surface area contributed by atoms with E-state index in [9.17, 15) is 0 Å². The van der Waals surface area contributed by atoms with Crippen LogP contribution in [-0.2, 0) is 0 Å². The standard InChI is InChI=1S/C62H42N4/c1-3-14-43(15-4-1)60-64-61(44-16-5-2-6-17-44)66-62(65-60)45-29-25-40(26-30-45)47-33-36-57-56(38-47)58-48-18-8-7-13-41(48)31-35-54(58)59(63-57)42-27-23-39(24-28-42)46-32-34-53-51-21-10-9-19-49(51)50-20-11-12-22-52(50)55(53)37-46/h1-38,59,62-63H,(H,64,65,66). The topological polar surface area (TPSA) is 48.8 Å². The minimum absolute atomic E-state index is 0.0177. The second-order valence-corrected chi connectivity index (χ2v) is 17.4. The molecule has 1 unspecified atom stereocenters. The highest BCUT2D eigenvalue weighted by molar-refractivity contribution is 6.25. The quantitative estimate of drug-likeness (QED) is 0.164. The van der Waals surface area contributed by atoms with Crippen molar-refractivity contribution in [3.8, 4) is 33.4 Å². The molecule has 2 N–H and O–H groups in total. The van der Waals surface area contributed by atoms with Gasteiger partial charge >= 0.3 is 0 Å². The maximum atomic E-state index is 5.10. The monoisotopic (exact) mass is 842 g/mol. The lowest BCUT2D eigenvalue weighted by molar-refractivity contribution is 0.756. The summed E-state index contributed by atoms with van der Waals surface area (Å²) in [6.07, 6.45) is -0.378. The van der Waals surface area contributed by atoms with Crippen LogP contribution in [0.25, 0.3) is 76.5 Å². The number of hydrogen-bond donors (Lipinski definition) is 2. The molecule has 4 heteroatoms. The first-order valence-electron chi connectivity index (χ1n) is 22.7. The highest BCUT2D eigenvalue weighted by Crippen LogP contribution is 2.48. The first-order chi connectivity index (χ1) is 32.7. The Bertz CT molecular complexity index is 3650. The third kappa shape index (κ3) is 6.45. The van der Waals surface area contributed by atoms with E-state index >= 15 is 0 Å². The summed E-state index contributed by atoms with van der Waals surface area (Å²) >= 11 is 0. The van der Waals surface area contributed by atoms with Crippen molar-refractivity contribution in [1.82, 2.24) is 5.32 Å². The van der Waals surface area contributed by atoms with Gasteiger partial charge in [-0.3, -0.25) is 0 Å². The van der Waals surface area contributed by atoms with Crippen LogP contribution in [0.1, 0.15) is 40.0 Å². The summed E-state index contributed by atoms with van der Waals surface area (Å²) in [5.74, 6) is 1.63. The number of nitrogens with one attached hydrogen (secondary N) is 2. The fraction of sp³-hybridized carbons (Fsp3) is 0.0323. The van der Waals surface area contributed by atoms with E-state index in [1.807, 2.05) is 36.4 Å². The summed E-state index contributed by atoms with van der Waals surface area (Å²) in [4.78, 5) is 10.2. The van der Waals surface area contributed by atoms with E-state index in [1.54, 1.807) is 0 Å². The zero-order valence-electron chi connectivity index (χ0n) is 36.0. The molecule has 310 valence electrons. The molecule has 2 aliphatic heterocycles. The van der Waals surface area contributed by atoms with Gasteiger partial charge in [-0.1, -0.05) is 212 Å². The summed E-state index contributed by atoms with van der Waals surface area (Å²) in [5.41, 5.74) is 13.9. The second-order valence-electron chi connectivity index (χ2n) is 17.4. The van der Waals surface area contributed by atoms with Gasteiger partial charge < -0.3 is 10.6 Å². The van der Waals surface area contributed by atoms with Crippen LogP contribution in [0.15, 0.2) is 241 Å². The van der Waals surface area contributed by atoms with Crippen LogP contribution >= 0.6 is 0 Å². The van der Waals surface area contributed by atoms with Crippen molar-refractivity contribution in [2.24, 2.45) is 9.98 Å². The van der Waals surface area contributed by atoms with E-state index in [1.165, 1.54) is 76.5 Å². The van der Waals surface area contributed by atoms with E-state index in [0.29, 0.717) is 0 Å². The van der Waals surface area contributed by atoms with Crippen molar-refractivity contribution in [2.45, 2.75) is 12.2 Å². The third-order valence-corrected chi connectivity index (χ3v) is 13.6. The molecule has 13 rings (SSSR count). The van der Waals surface area contributed by atoms with Gasteiger partial charge in [0.15, 0.2) is 6.17 Å². The van der Waals surface area contributed by atoms with Gasteiger partial charge in [0, 0.05) is 22.4 Å². The largest absolute Gasteiger partial charge is 0.374 e. The Morgan fingerprint density at radius 3 is 1.44 bits per heavy atom. The van der Waals surface area contributed by atoms with Crippen LogP contribution in [0, 0.1) is 0 Å². The van der Waals surface area contributed by atoms with Crippen LogP contribution < -0.4 is 10.6 Å². The molecular formula is C62H42N4. The van der Waals surface area contributed by atoms with Gasteiger partial charge in [-0.25, -0.2) is 9.98 Å². The van der Waals surface area contributed by atoms with Crippen LogP contribution in [-0.4, -0.2) is 11.7 Å². The third-order valence-electron chi connectivity index (χ3n) is 13.6. The number of benzene rings is 11. The molecule has 2 heterocycles. The molecular weight excluding hydrogens is 801 g/mol. The Labute approximate surface area is 383 Å². The van der Waals surface area contributed by atoms with Gasteiger partial charge in [-0.15, -0.1) is 0 Å². The average molecular weight is 843 g/mol. The molecule has 1 atom stereocenters. The molecule has 0 aromatic heterocycles. The maximum Gasteiger partial charge on any atom is 0.169 e. The SMILES string of the molecule is c1ccc(C2=NC(c3ccc(-c4ccc5c(c4)-c4c(ccc6ccccc46)C(c4ccc(-c6ccc7c8ccccc8c8ccccc8c7c6)cc4)N5)cc3)N=C(c3ccccc3)N2)cc1. The van der Waals surface area contributed by atoms with Crippen LogP contribution in [0.3, 0.4) is 0 Å². The predicted molar refractivity (Wildman–Crippen MR) is 277 cm³/mol. The number of amidine groups is 2. The Balaban J connectivity index is 0.841. The molecule has 11 aromatic rings. The van der Waals surface area contributed by atoms with Gasteiger partial charge in [-0.2, -0.15) is 0 Å². The summed E-state index contributed by atoms with van der Waals surface area (Å²) < 4.78 is 0. The summed E-state index contributed by atoms with van der Waals surface area (Å²) in [5, 5.41) is 17.7. The Kier molecular flexibility index (Phi) is 8.95. The van der Waals surface area contributed by atoms with E-state index in [4.69, 9.17) is 9.98 Å². The molecule has 0 bridgehead atoms. The molecule has 0 amide bonds. The second kappa shape index (κ2) is 15.6.